The number of aromatic nitrogens is 2. The average Bonchev–Trinajstić information content (AvgIpc) is 2.28. The first-order valence-electron chi connectivity index (χ1n) is 4.01. The van der Waals surface area contributed by atoms with E-state index in [-0.39, 0.29) is 5.69 Å². The van der Waals surface area contributed by atoms with Gasteiger partial charge in [0, 0.05) is 13.2 Å². The van der Waals surface area contributed by atoms with Gasteiger partial charge < -0.3 is 4.90 Å². The summed E-state index contributed by atoms with van der Waals surface area (Å²) in [4.78, 5) is 16.3. The van der Waals surface area contributed by atoms with Crippen LogP contribution in [0.1, 0.15) is 6.92 Å². The number of rotatable bonds is 0. The Labute approximate surface area is 80.8 Å². The lowest BCUT2D eigenvalue weighted by Gasteiger charge is -2.25. The Morgan fingerprint density at radius 1 is 1.69 bits per heavy atom. The fraction of sp³-hybridized carbons (Fsp3) is 0.500. The molecule has 1 aromatic heterocycles. The highest BCUT2D eigenvalue weighted by molar-refractivity contribution is 6.25. The number of hydrogen-bond acceptors (Lipinski definition) is 3. The molecule has 2 heterocycles. The summed E-state index contributed by atoms with van der Waals surface area (Å²) in [5, 5.41) is 0. The monoisotopic (exact) mass is 199 g/mol. The minimum atomic E-state index is -0.519. The lowest BCUT2D eigenvalue weighted by atomic mass is 10.3. The van der Waals surface area contributed by atoms with Crippen molar-refractivity contribution in [1.82, 2.24) is 9.55 Å². The van der Waals surface area contributed by atoms with Crippen molar-refractivity contribution >= 4 is 17.4 Å². The molecule has 0 aromatic carbocycles. The van der Waals surface area contributed by atoms with E-state index in [1.54, 1.807) is 10.6 Å². The Bertz CT molecular complexity index is 399. The Morgan fingerprint density at radius 3 is 3.00 bits per heavy atom. The van der Waals surface area contributed by atoms with Crippen molar-refractivity contribution in [2.75, 3.05) is 11.9 Å². The molecule has 0 aliphatic carbocycles. The molecule has 0 N–H and O–H groups in total. The van der Waals surface area contributed by atoms with Gasteiger partial charge in [0.1, 0.15) is 10.8 Å². The van der Waals surface area contributed by atoms with E-state index in [1.165, 1.54) is 6.20 Å². The van der Waals surface area contributed by atoms with Gasteiger partial charge in [0.2, 0.25) is 0 Å². The molecule has 13 heavy (non-hydrogen) atoms. The van der Waals surface area contributed by atoms with Crippen LogP contribution in [0, 0.1) is 0 Å². The van der Waals surface area contributed by atoms with Crippen molar-refractivity contribution in [3.63, 3.8) is 0 Å². The molecule has 1 atom stereocenters. The van der Waals surface area contributed by atoms with E-state index in [2.05, 4.69) is 4.98 Å². The second kappa shape index (κ2) is 2.48. The predicted molar refractivity (Wildman–Crippen MR) is 51.2 cm³/mol. The molecule has 0 radical (unpaired) electrons. The highest BCUT2D eigenvalue weighted by Crippen LogP contribution is 2.32. The maximum Gasteiger partial charge on any atom is 0.349 e. The molecule has 0 bridgehead atoms. The van der Waals surface area contributed by atoms with Crippen LogP contribution < -0.4 is 10.6 Å². The maximum atomic E-state index is 11.3. The van der Waals surface area contributed by atoms with Crippen molar-refractivity contribution in [2.24, 2.45) is 0 Å². The van der Waals surface area contributed by atoms with Crippen LogP contribution in [-0.4, -0.2) is 21.6 Å². The Balaban J connectivity index is 2.62. The van der Waals surface area contributed by atoms with Gasteiger partial charge in [-0.15, -0.1) is 0 Å². The second-order valence-electron chi connectivity index (χ2n) is 3.37. The van der Waals surface area contributed by atoms with Crippen molar-refractivity contribution < 1.29 is 0 Å². The van der Waals surface area contributed by atoms with Crippen LogP contribution >= 0.6 is 11.6 Å². The van der Waals surface area contributed by atoms with E-state index in [1.807, 2.05) is 18.9 Å². The lowest BCUT2D eigenvalue weighted by molar-refractivity contribution is 0.576. The summed E-state index contributed by atoms with van der Waals surface area (Å²) >= 11 is 6.19. The normalized spacial score (nSPS) is 26.2. The number of halogens is 1. The number of alkyl halides is 1. The fourth-order valence-electron chi connectivity index (χ4n) is 1.50. The molecule has 4 nitrogen and oxygen atoms in total. The number of anilines is 1. The fourth-order valence-corrected chi connectivity index (χ4v) is 1.71. The van der Waals surface area contributed by atoms with E-state index in [9.17, 15) is 4.79 Å². The molecule has 1 aliphatic rings. The summed E-state index contributed by atoms with van der Waals surface area (Å²) in [5.41, 5.74) is -0.242. The van der Waals surface area contributed by atoms with E-state index >= 15 is 0 Å². The average molecular weight is 200 g/mol. The number of fused-ring (bicyclic) bond motifs is 1. The first-order valence-corrected chi connectivity index (χ1v) is 4.39. The summed E-state index contributed by atoms with van der Waals surface area (Å²) in [7, 11) is 1.87. The van der Waals surface area contributed by atoms with Crippen LogP contribution in [0.25, 0.3) is 0 Å². The number of nitrogens with zero attached hydrogens (tertiary/aromatic N) is 3. The molecule has 1 aromatic rings. The van der Waals surface area contributed by atoms with Crippen LogP contribution in [0.3, 0.4) is 0 Å². The van der Waals surface area contributed by atoms with E-state index in [0.717, 1.165) is 5.82 Å². The van der Waals surface area contributed by atoms with Crippen LogP contribution in [0.4, 0.5) is 5.82 Å². The van der Waals surface area contributed by atoms with Crippen LogP contribution in [0.5, 0.6) is 0 Å². The molecule has 0 fully saturated rings. The van der Waals surface area contributed by atoms with Gasteiger partial charge in [0.15, 0.2) is 0 Å². The highest BCUT2D eigenvalue weighted by atomic mass is 35.5. The zero-order chi connectivity index (χ0) is 9.64. The molecule has 1 unspecified atom stereocenters. The smallest absolute Gasteiger partial charge is 0.341 e. The van der Waals surface area contributed by atoms with Gasteiger partial charge in [-0.2, -0.15) is 0 Å². The Morgan fingerprint density at radius 2 is 2.38 bits per heavy atom. The van der Waals surface area contributed by atoms with Crippen molar-refractivity contribution in [3.05, 3.63) is 22.7 Å². The molecule has 0 spiro atoms. The summed E-state index contributed by atoms with van der Waals surface area (Å²) in [6.07, 6.45) is 1.50. The highest BCUT2D eigenvalue weighted by Gasteiger charge is 2.36. The largest absolute Gasteiger partial charge is 0.349 e. The van der Waals surface area contributed by atoms with Gasteiger partial charge in [-0.25, -0.2) is 9.78 Å². The zero-order valence-corrected chi connectivity index (χ0v) is 8.25. The van der Waals surface area contributed by atoms with E-state index in [0.29, 0.717) is 6.54 Å². The predicted octanol–water partition coefficient (Wildman–Crippen LogP) is 0.648. The zero-order valence-electron chi connectivity index (χ0n) is 7.49. The second-order valence-corrected chi connectivity index (χ2v) is 4.19. The minimum absolute atomic E-state index is 0.242. The van der Waals surface area contributed by atoms with Gasteiger partial charge in [0.25, 0.3) is 0 Å². The van der Waals surface area contributed by atoms with E-state index in [4.69, 9.17) is 11.6 Å². The van der Waals surface area contributed by atoms with Crippen LogP contribution in [0.2, 0.25) is 0 Å². The summed E-state index contributed by atoms with van der Waals surface area (Å²) in [6, 6.07) is 1.79. The van der Waals surface area contributed by atoms with Gasteiger partial charge in [-0.3, -0.25) is 4.57 Å². The third kappa shape index (κ3) is 1.13. The summed E-state index contributed by atoms with van der Waals surface area (Å²) in [6.45, 7) is 2.36. The standard InChI is InChI=1S/C8H10ClN3O/c1-8(9)5-12-6(11(8)2)3-4-10-7(12)13/h3-4H,5H2,1-2H3. The third-order valence-electron chi connectivity index (χ3n) is 2.41. The third-order valence-corrected chi connectivity index (χ3v) is 2.78. The quantitative estimate of drug-likeness (QED) is 0.455. The minimum Gasteiger partial charge on any atom is -0.341 e. The van der Waals surface area contributed by atoms with Crippen molar-refractivity contribution in [2.45, 2.75) is 18.5 Å². The van der Waals surface area contributed by atoms with Crippen molar-refractivity contribution in [3.8, 4) is 0 Å². The molecule has 2 rings (SSSR count). The first kappa shape index (κ1) is 8.56. The molecule has 0 saturated heterocycles. The topological polar surface area (TPSA) is 38.1 Å². The van der Waals surface area contributed by atoms with Gasteiger partial charge in [-0.05, 0) is 13.0 Å². The van der Waals surface area contributed by atoms with Crippen molar-refractivity contribution in [1.29, 1.82) is 0 Å². The summed E-state index contributed by atoms with van der Waals surface area (Å²) in [5.74, 6) is 0.817. The molecule has 0 amide bonds. The molecular formula is C8H10ClN3O. The SMILES string of the molecule is CN1c2ccnc(=O)n2CC1(C)Cl. The Hall–Kier alpha value is -1.03. The molecule has 1 aliphatic heterocycles. The first-order chi connectivity index (χ1) is 6.02. The van der Waals surface area contributed by atoms with E-state index < -0.39 is 5.00 Å². The number of likely N-dealkylation sites (N-methyl/N-ethyl adjacent to an activating group) is 1. The van der Waals surface area contributed by atoms with Gasteiger partial charge in [-0.1, -0.05) is 11.6 Å². The molecule has 0 saturated carbocycles. The molecule has 70 valence electrons. The van der Waals surface area contributed by atoms with Crippen LogP contribution in [0.15, 0.2) is 17.1 Å². The summed E-state index contributed by atoms with van der Waals surface area (Å²) < 4.78 is 1.58. The lowest BCUT2D eigenvalue weighted by Crippen LogP contribution is -2.35. The molecular weight excluding hydrogens is 190 g/mol. The Kier molecular flexibility index (Phi) is 1.63. The van der Waals surface area contributed by atoms with Gasteiger partial charge in [0.05, 0.1) is 6.54 Å². The van der Waals surface area contributed by atoms with Gasteiger partial charge >= 0.3 is 5.69 Å². The number of hydrogen-bond donors (Lipinski definition) is 0. The molecule has 5 heteroatoms. The maximum absolute atomic E-state index is 11.3. The van der Waals surface area contributed by atoms with Crippen LogP contribution in [-0.2, 0) is 6.54 Å².